The van der Waals surface area contributed by atoms with Gasteiger partial charge < -0.3 is 58.9 Å². The monoisotopic (exact) mass is 719 g/mol. The van der Waals surface area contributed by atoms with E-state index in [0.717, 1.165) is 0 Å². The molecule has 0 aromatic rings. The topological polar surface area (TPSA) is 194 Å². The van der Waals surface area contributed by atoms with Crippen molar-refractivity contribution in [2.75, 3.05) is 27.8 Å². The van der Waals surface area contributed by atoms with Crippen LogP contribution in [-0.2, 0) is 38.0 Å². The zero-order chi connectivity index (χ0) is 38.1. The molecule has 3 aliphatic rings. The van der Waals surface area contributed by atoms with E-state index in [9.17, 15) is 35.1 Å². The van der Waals surface area contributed by atoms with Crippen molar-refractivity contribution in [2.45, 2.75) is 166 Å². The smallest absolute Gasteiger partial charge is 0.311 e. The van der Waals surface area contributed by atoms with Gasteiger partial charge in [0.05, 0.1) is 48.1 Å². The molecule has 0 aliphatic carbocycles. The van der Waals surface area contributed by atoms with Gasteiger partial charge in [0.25, 0.3) is 0 Å². The van der Waals surface area contributed by atoms with Crippen molar-refractivity contribution in [3.63, 3.8) is 0 Å². The number of esters is 1. The van der Waals surface area contributed by atoms with Crippen LogP contribution in [0.4, 0.5) is 0 Å². The van der Waals surface area contributed by atoms with Gasteiger partial charge in [-0.15, -0.1) is 0 Å². The van der Waals surface area contributed by atoms with Gasteiger partial charge in [0.2, 0.25) is 0 Å². The van der Waals surface area contributed by atoms with Gasteiger partial charge >= 0.3 is 5.97 Å². The van der Waals surface area contributed by atoms with E-state index in [1.54, 1.807) is 34.6 Å². The zero-order valence-electron chi connectivity index (χ0n) is 32.1. The molecule has 17 atom stereocenters. The number of aliphatic hydroxyl groups is 5. The molecule has 4 unspecified atom stereocenters. The maximum atomic E-state index is 14.0. The molecular weight excluding hydrogens is 654 g/mol. The number of ketones is 1. The average molecular weight is 720 g/mol. The van der Waals surface area contributed by atoms with Gasteiger partial charge in [0.1, 0.15) is 29.7 Å². The Kier molecular flexibility index (Phi) is 14.5. The van der Waals surface area contributed by atoms with E-state index in [2.05, 4.69) is 0 Å². The van der Waals surface area contributed by atoms with Crippen molar-refractivity contribution >= 4 is 11.8 Å². The van der Waals surface area contributed by atoms with E-state index < -0.39 is 101 Å². The summed E-state index contributed by atoms with van der Waals surface area (Å²) < 4.78 is 36.6. The molecule has 0 saturated carbocycles. The molecule has 292 valence electrons. The Morgan fingerprint density at radius 3 is 2.12 bits per heavy atom. The number of hydrogen-bond acceptors (Lipinski definition) is 14. The van der Waals surface area contributed by atoms with Crippen LogP contribution < -0.4 is 0 Å². The first-order valence-corrected chi connectivity index (χ1v) is 18.0. The third-order valence-corrected chi connectivity index (χ3v) is 11.5. The van der Waals surface area contributed by atoms with Crippen molar-refractivity contribution in [2.24, 2.45) is 23.7 Å². The van der Waals surface area contributed by atoms with E-state index in [4.69, 9.17) is 28.4 Å². The number of rotatable bonds is 7. The lowest BCUT2D eigenvalue weighted by Crippen LogP contribution is -2.60. The van der Waals surface area contributed by atoms with E-state index in [-0.39, 0.29) is 38.0 Å². The summed E-state index contributed by atoms with van der Waals surface area (Å²) in [4.78, 5) is 29.7. The van der Waals surface area contributed by atoms with Crippen LogP contribution in [0.2, 0.25) is 0 Å². The molecule has 0 radical (unpaired) electrons. The van der Waals surface area contributed by atoms with E-state index in [1.807, 2.05) is 25.9 Å². The summed E-state index contributed by atoms with van der Waals surface area (Å²) in [5, 5.41) is 57.2. The van der Waals surface area contributed by atoms with Gasteiger partial charge in [-0.1, -0.05) is 27.7 Å². The first-order valence-electron chi connectivity index (χ1n) is 18.0. The molecule has 5 N–H and O–H groups in total. The van der Waals surface area contributed by atoms with Gasteiger partial charge in [-0.3, -0.25) is 9.59 Å². The van der Waals surface area contributed by atoms with Gasteiger partial charge in [-0.05, 0) is 68.0 Å². The Morgan fingerprint density at radius 2 is 1.56 bits per heavy atom. The van der Waals surface area contributed by atoms with E-state index in [0.29, 0.717) is 6.42 Å². The Labute approximate surface area is 297 Å². The second-order valence-electron chi connectivity index (χ2n) is 16.0. The number of likely N-dealkylation sites (N-methyl/N-ethyl adjacent to an activating group) is 1. The summed E-state index contributed by atoms with van der Waals surface area (Å²) in [7, 11) is 5.17. The molecule has 0 spiro atoms. The number of ether oxygens (including phenoxy) is 6. The number of carbonyl (C=O) groups excluding carboxylic acids is 2. The second-order valence-corrected chi connectivity index (χ2v) is 16.0. The van der Waals surface area contributed by atoms with Gasteiger partial charge in [-0.25, -0.2) is 0 Å². The molecular formula is C36H65NO13. The van der Waals surface area contributed by atoms with Crippen LogP contribution in [0.15, 0.2) is 0 Å². The van der Waals surface area contributed by atoms with Crippen LogP contribution in [0.5, 0.6) is 0 Å². The highest BCUT2D eigenvalue weighted by Gasteiger charge is 2.53. The van der Waals surface area contributed by atoms with Crippen LogP contribution in [-0.4, -0.2) is 148 Å². The van der Waals surface area contributed by atoms with E-state index >= 15 is 0 Å². The number of carbonyl (C=O) groups is 2. The van der Waals surface area contributed by atoms with Crippen molar-refractivity contribution in [3.05, 3.63) is 0 Å². The summed E-state index contributed by atoms with van der Waals surface area (Å²) in [5.41, 5.74) is -4.80. The highest BCUT2D eigenvalue weighted by atomic mass is 16.7. The zero-order valence-corrected chi connectivity index (χ0v) is 32.1. The fraction of sp³-hybridized carbons (Fsp3) is 0.944. The van der Waals surface area contributed by atoms with Crippen molar-refractivity contribution in [1.29, 1.82) is 0 Å². The molecule has 14 nitrogen and oxygen atoms in total. The Morgan fingerprint density at radius 1 is 0.940 bits per heavy atom. The van der Waals surface area contributed by atoms with Crippen LogP contribution in [0.1, 0.15) is 88.0 Å². The lowest BCUT2D eigenvalue weighted by Gasteiger charge is -2.48. The second kappa shape index (κ2) is 16.8. The van der Waals surface area contributed by atoms with Crippen LogP contribution in [0.25, 0.3) is 0 Å². The molecule has 0 aromatic carbocycles. The Bertz CT molecular complexity index is 1140. The molecule has 0 amide bonds. The largest absolute Gasteiger partial charge is 0.459 e. The third-order valence-electron chi connectivity index (χ3n) is 11.5. The highest BCUT2D eigenvalue weighted by molar-refractivity contribution is 5.83. The number of aliphatic hydroxyl groups excluding tert-OH is 3. The normalized spacial score (nSPS) is 49.0. The molecule has 0 aromatic heterocycles. The Hall–Kier alpha value is -1.30. The van der Waals surface area contributed by atoms with Gasteiger partial charge in [-0.2, -0.15) is 0 Å². The van der Waals surface area contributed by atoms with Crippen molar-refractivity contribution in [3.8, 4) is 0 Å². The van der Waals surface area contributed by atoms with Crippen LogP contribution in [0.3, 0.4) is 0 Å². The summed E-state index contributed by atoms with van der Waals surface area (Å²) in [6, 6.07) is -0.321. The molecule has 50 heavy (non-hydrogen) atoms. The molecule has 14 heteroatoms. The fourth-order valence-electron chi connectivity index (χ4n) is 8.02. The molecule has 3 rings (SSSR count). The maximum Gasteiger partial charge on any atom is 0.311 e. The first kappa shape index (κ1) is 43.1. The van der Waals surface area contributed by atoms with E-state index in [1.165, 1.54) is 27.9 Å². The minimum absolute atomic E-state index is 0.102. The number of Topliss-reactive ketones (excluding diaryl/α,β-unsaturated/α-hetero) is 1. The lowest BCUT2D eigenvalue weighted by atomic mass is 9.74. The Balaban J connectivity index is 2.16. The maximum absolute atomic E-state index is 14.0. The van der Waals surface area contributed by atoms with Crippen molar-refractivity contribution < 1.29 is 63.5 Å². The minimum atomic E-state index is -1.99. The quantitative estimate of drug-likeness (QED) is 0.237. The highest BCUT2D eigenvalue weighted by Crippen LogP contribution is 2.40. The van der Waals surface area contributed by atoms with Crippen LogP contribution in [0, 0.1) is 23.7 Å². The average Bonchev–Trinajstić information content (AvgIpc) is 3.04. The lowest BCUT2D eigenvalue weighted by molar-refractivity contribution is -0.311. The standard InChI is InChI=1S/C36H65NO13/c1-13-25-36(9,44)30(41)20(4)27(39)18(2)15-34(7,43)31(50-33-28(40)23(37(10)11)14-19(3)47-33)21(5)29(22(6)32(42)48-25)49-26-16-35(8,45-12)24(38)17-46-26/h18-26,28-31,33,38,40-41,43-44H,13-17H2,1-12H3/t18-,19-,20+,21+,22-,23+,24?,25-,26?,28-,29?,30-,31-,33?,34-,35-,36-/m1/s1. The van der Waals surface area contributed by atoms with Gasteiger partial charge in [0, 0.05) is 37.3 Å². The van der Waals surface area contributed by atoms with Gasteiger partial charge in [0.15, 0.2) is 12.6 Å². The molecule has 3 saturated heterocycles. The number of hydrogen-bond donors (Lipinski definition) is 5. The summed E-state index contributed by atoms with van der Waals surface area (Å²) >= 11 is 0. The summed E-state index contributed by atoms with van der Waals surface area (Å²) in [6.45, 7) is 14.5. The molecule has 3 fully saturated rings. The molecule has 0 bridgehead atoms. The molecule has 3 aliphatic heterocycles. The minimum Gasteiger partial charge on any atom is -0.459 e. The SMILES string of the molecule is CC[C@H]1OC(=O)[C@H](C)C(OC2C[C@@](C)(OC)C(O)CO2)[C@H](C)[C@@H](OC2O[C@H](C)C[C@H](N(C)C)[C@H]2O)[C@](C)(O)C[C@@H](C)C(=O)[C@H](C)[C@@H](O)[C@]1(C)O. The predicted octanol–water partition coefficient (Wildman–Crippen LogP) is 1.40. The summed E-state index contributed by atoms with van der Waals surface area (Å²) in [6.07, 6.45) is -8.89. The first-order chi connectivity index (χ1) is 23.0. The summed E-state index contributed by atoms with van der Waals surface area (Å²) in [5.74, 6) is -4.95. The predicted molar refractivity (Wildman–Crippen MR) is 182 cm³/mol. The molecule has 3 heterocycles. The van der Waals surface area contributed by atoms with Crippen molar-refractivity contribution in [1.82, 2.24) is 4.90 Å². The number of cyclic esters (lactones) is 1. The number of nitrogens with zero attached hydrogens (tertiary/aromatic N) is 1. The number of methoxy groups -OCH3 is 1. The third kappa shape index (κ3) is 9.25. The fourth-order valence-corrected chi connectivity index (χ4v) is 8.02. The van der Waals surface area contributed by atoms with Crippen LogP contribution >= 0.6 is 0 Å².